The summed E-state index contributed by atoms with van der Waals surface area (Å²) in [5.41, 5.74) is 0. The standard InChI is InChI=1S/C6HBrCl2F3NO/c7-3-2(8)1-13-5(9)4(3)14-6(10,11)12/h1H. The largest absolute Gasteiger partial charge is 0.573 e. The van der Waals surface area contributed by atoms with Crippen LogP contribution in [0.1, 0.15) is 0 Å². The monoisotopic (exact) mass is 309 g/mol. The van der Waals surface area contributed by atoms with Crippen molar-refractivity contribution >= 4 is 39.1 Å². The van der Waals surface area contributed by atoms with Crippen molar-refractivity contribution in [3.8, 4) is 5.75 Å². The molecule has 2 nitrogen and oxygen atoms in total. The molecule has 0 bridgehead atoms. The Morgan fingerprint density at radius 3 is 2.43 bits per heavy atom. The number of ether oxygens (including phenoxy) is 1. The first-order valence-electron chi connectivity index (χ1n) is 3.06. The second-order valence-electron chi connectivity index (χ2n) is 2.09. The van der Waals surface area contributed by atoms with Gasteiger partial charge in [0.1, 0.15) is 0 Å². The van der Waals surface area contributed by atoms with Gasteiger partial charge in [0.05, 0.1) is 9.50 Å². The topological polar surface area (TPSA) is 22.1 Å². The molecule has 1 rings (SSSR count). The number of hydrogen-bond acceptors (Lipinski definition) is 2. The summed E-state index contributed by atoms with van der Waals surface area (Å²) in [4.78, 5) is 3.40. The Bertz CT molecular complexity index is 358. The van der Waals surface area contributed by atoms with E-state index in [1.54, 1.807) is 0 Å². The zero-order chi connectivity index (χ0) is 10.9. The van der Waals surface area contributed by atoms with Crippen LogP contribution in [0.25, 0.3) is 0 Å². The minimum Gasteiger partial charge on any atom is -0.401 e. The van der Waals surface area contributed by atoms with Crippen molar-refractivity contribution in [1.82, 2.24) is 4.98 Å². The molecule has 0 atom stereocenters. The lowest BCUT2D eigenvalue weighted by Crippen LogP contribution is -2.18. The van der Waals surface area contributed by atoms with E-state index < -0.39 is 17.3 Å². The summed E-state index contributed by atoms with van der Waals surface area (Å²) in [5.74, 6) is -0.647. The number of hydrogen-bond donors (Lipinski definition) is 0. The van der Waals surface area contributed by atoms with Crippen molar-refractivity contribution in [3.63, 3.8) is 0 Å². The van der Waals surface area contributed by atoms with Gasteiger partial charge in [0.2, 0.25) is 0 Å². The van der Waals surface area contributed by atoms with Gasteiger partial charge in [-0.1, -0.05) is 23.2 Å². The third kappa shape index (κ3) is 2.90. The molecule has 0 amide bonds. The van der Waals surface area contributed by atoms with Gasteiger partial charge >= 0.3 is 6.36 Å². The molecule has 0 saturated heterocycles. The Morgan fingerprint density at radius 2 is 1.93 bits per heavy atom. The highest BCUT2D eigenvalue weighted by molar-refractivity contribution is 9.10. The van der Waals surface area contributed by atoms with Gasteiger partial charge in [-0.15, -0.1) is 13.2 Å². The van der Waals surface area contributed by atoms with E-state index >= 15 is 0 Å². The quantitative estimate of drug-likeness (QED) is 0.730. The summed E-state index contributed by atoms with van der Waals surface area (Å²) < 4.78 is 39.1. The van der Waals surface area contributed by atoms with E-state index in [9.17, 15) is 13.2 Å². The lowest BCUT2D eigenvalue weighted by atomic mass is 10.4. The normalized spacial score (nSPS) is 11.6. The van der Waals surface area contributed by atoms with Crippen molar-refractivity contribution in [2.75, 3.05) is 0 Å². The van der Waals surface area contributed by atoms with Gasteiger partial charge in [-0.25, -0.2) is 4.98 Å². The van der Waals surface area contributed by atoms with Gasteiger partial charge in [0.25, 0.3) is 0 Å². The summed E-state index contributed by atoms with van der Waals surface area (Å²) in [6.07, 6.45) is -3.73. The Kier molecular flexibility index (Phi) is 3.49. The zero-order valence-corrected chi connectivity index (χ0v) is 9.30. The van der Waals surface area contributed by atoms with Gasteiger partial charge < -0.3 is 4.74 Å². The molecule has 14 heavy (non-hydrogen) atoms. The van der Waals surface area contributed by atoms with Crippen molar-refractivity contribution < 1.29 is 17.9 Å². The molecule has 0 aliphatic heterocycles. The fourth-order valence-electron chi connectivity index (χ4n) is 0.630. The number of halogens is 6. The second kappa shape index (κ2) is 4.12. The van der Waals surface area contributed by atoms with Crippen LogP contribution in [0.5, 0.6) is 5.75 Å². The molecule has 1 aromatic rings. The van der Waals surface area contributed by atoms with Gasteiger partial charge in [0, 0.05) is 6.20 Å². The third-order valence-corrected chi connectivity index (χ3v) is 2.68. The summed E-state index contributed by atoms with van der Waals surface area (Å²) in [6.45, 7) is 0. The van der Waals surface area contributed by atoms with Gasteiger partial charge in [-0.3, -0.25) is 0 Å². The first-order chi connectivity index (χ1) is 6.31. The van der Waals surface area contributed by atoms with Crippen LogP contribution >= 0.6 is 39.1 Å². The second-order valence-corrected chi connectivity index (χ2v) is 3.65. The number of alkyl halides is 3. The van der Waals surface area contributed by atoms with Crippen LogP contribution < -0.4 is 4.74 Å². The van der Waals surface area contributed by atoms with E-state index in [-0.39, 0.29) is 9.50 Å². The number of aromatic nitrogens is 1. The lowest BCUT2D eigenvalue weighted by molar-refractivity contribution is -0.275. The molecule has 0 N–H and O–H groups in total. The highest BCUT2D eigenvalue weighted by Crippen LogP contribution is 2.39. The summed E-state index contributed by atoms with van der Waals surface area (Å²) in [7, 11) is 0. The van der Waals surface area contributed by atoms with Crippen molar-refractivity contribution in [2.45, 2.75) is 6.36 Å². The van der Waals surface area contributed by atoms with E-state index in [1.165, 1.54) is 0 Å². The first-order valence-corrected chi connectivity index (χ1v) is 4.61. The summed E-state index contributed by atoms with van der Waals surface area (Å²) in [5, 5.41) is -0.438. The van der Waals surface area contributed by atoms with E-state index in [0.29, 0.717) is 0 Å². The van der Waals surface area contributed by atoms with Gasteiger partial charge in [-0.05, 0) is 15.9 Å². The molecule has 0 fully saturated rings. The van der Waals surface area contributed by atoms with Crippen molar-refractivity contribution in [3.05, 3.63) is 20.8 Å². The molecule has 0 spiro atoms. The maximum Gasteiger partial charge on any atom is 0.573 e. The van der Waals surface area contributed by atoms with Crippen LogP contribution in [0.3, 0.4) is 0 Å². The minimum atomic E-state index is -4.83. The fraction of sp³-hybridized carbons (Fsp3) is 0.167. The Morgan fingerprint density at radius 1 is 1.36 bits per heavy atom. The number of pyridine rings is 1. The molecule has 0 aliphatic carbocycles. The predicted octanol–water partition coefficient (Wildman–Crippen LogP) is 4.05. The highest BCUT2D eigenvalue weighted by Gasteiger charge is 2.33. The molecule has 0 unspecified atom stereocenters. The average molecular weight is 311 g/mol. The molecule has 0 radical (unpaired) electrons. The summed E-state index contributed by atoms with van der Waals surface area (Å²) >= 11 is 13.7. The zero-order valence-electron chi connectivity index (χ0n) is 6.20. The van der Waals surface area contributed by atoms with Crippen LogP contribution in [0.4, 0.5) is 13.2 Å². The Hall–Kier alpha value is -0.200. The van der Waals surface area contributed by atoms with Crippen LogP contribution in [-0.4, -0.2) is 11.3 Å². The molecular weight excluding hydrogens is 310 g/mol. The molecule has 1 heterocycles. The molecule has 0 aromatic carbocycles. The average Bonchev–Trinajstić information content (AvgIpc) is 2.04. The SMILES string of the molecule is FC(F)(F)Oc1c(Cl)ncc(Cl)c1Br. The maximum absolute atomic E-state index is 11.9. The van der Waals surface area contributed by atoms with Gasteiger partial charge in [-0.2, -0.15) is 0 Å². The highest BCUT2D eigenvalue weighted by atomic mass is 79.9. The molecule has 0 saturated carbocycles. The first kappa shape index (κ1) is 11.9. The molecule has 1 aromatic heterocycles. The van der Waals surface area contributed by atoms with Crippen molar-refractivity contribution in [2.24, 2.45) is 0 Å². The molecular formula is C6HBrCl2F3NO. The van der Waals surface area contributed by atoms with E-state index in [4.69, 9.17) is 23.2 Å². The van der Waals surface area contributed by atoms with Crippen LogP contribution in [0.15, 0.2) is 10.7 Å². The molecule has 78 valence electrons. The fourth-order valence-corrected chi connectivity index (χ4v) is 1.43. The molecule has 0 aliphatic rings. The number of rotatable bonds is 1. The number of nitrogens with zero attached hydrogens (tertiary/aromatic N) is 1. The summed E-state index contributed by atoms with van der Waals surface area (Å²) in [6, 6.07) is 0. The van der Waals surface area contributed by atoms with E-state index in [2.05, 4.69) is 25.7 Å². The van der Waals surface area contributed by atoms with E-state index in [1.807, 2.05) is 0 Å². The smallest absolute Gasteiger partial charge is 0.401 e. The predicted molar refractivity (Wildman–Crippen MR) is 48.6 cm³/mol. The van der Waals surface area contributed by atoms with Crippen LogP contribution in [-0.2, 0) is 0 Å². The van der Waals surface area contributed by atoms with Crippen LogP contribution in [0.2, 0.25) is 10.2 Å². The van der Waals surface area contributed by atoms with Gasteiger partial charge in [0.15, 0.2) is 10.9 Å². The third-order valence-electron chi connectivity index (χ3n) is 1.11. The van der Waals surface area contributed by atoms with E-state index in [0.717, 1.165) is 6.20 Å². The van der Waals surface area contributed by atoms with Crippen molar-refractivity contribution in [1.29, 1.82) is 0 Å². The lowest BCUT2D eigenvalue weighted by Gasteiger charge is -2.11. The minimum absolute atomic E-state index is 0.0198. The Balaban J connectivity index is 3.13. The maximum atomic E-state index is 11.9. The molecule has 8 heteroatoms. The Labute approximate surface area is 95.1 Å². The van der Waals surface area contributed by atoms with Crippen LogP contribution in [0, 0.1) is 0 Å².